The van der Waals surface area contributed by atoms with E-state index < -0.39 is 11.7 Å². The van der Waals surface area contributed by atoms with Crippen LogP contribution in [0, 0.1) is 11.3 Å². The molecule has 0 fully saturated rings. The molecule has 0 aliphatic heterocycles. The number of halogens is 5. The minimum atomic E-state index is -4.61. The predicted molar refractivity (Wildman–Crippen MR) is 89.9 cm³/mol. The number of nitriles is 1. The van der Waals surface area contributed by atoms with Crippen LogP contribution in [-0.2, 0) is 10.4 Å². The molecule has 0 aliphatic rings. The van der Waals surface area contributed by atoms with Crippen LogP contribution in [-0.4, -0.2) is 0 Å². The second-order valence-corrected chi connectivity index (χ2v) is 5.62. The van der Waals surface area contributed by atoms with Gasteiger partial charge in [0.05, 0.1) is 5.56 Å². The smallest absolute Gasteiger partial charge is 0.407 e. The zero-order chi connectivity index (χ0) is 17.7. The van der Waals surface area contributed by atoms with E-state index in [1.54, 1.807) is 0 Å². The van der Waals surface area contributed by atoms with Gasteiger partial charge in [-0.05, 0) is 23.8 Å². The van der Waals surface area contributed by atoms with Crippen molar-refractivity contribution in [1.82, 2.24) is 0 Å². The quantitative estimate of drug-likeness (QED) is 0.256. The molecular formula is C16H8Cl2F3NOS. The van der Waals surface area contributed by atoms with Crippen molar-refractivity contribution in [3.05, 3.63) is 70.2 Å². The highest BCUT2D eigenvalue weighted by Crippen LogP contribution is 2.39. The lowest BCUT2D eigenvalue weighted by molar-refractivity contribution is -0.137. The van der Waals surface area contributed by atoms with E-state index in [-0.39, 0.29) is 16.9 Å². The Balaban J connectivity index is 2.73. The normalized spacial score (nSPS) is 12.3. The molecular weight excluding hydrogens is 382 g/mol. The molecule has 2 aromatic carbocycles. The van der Waals surface area contributed by atoms with Crippen molar-refractivity contribution in [3.63, 3.8) is 0 Å². The first-order chi connectivity index (χ1) is 11.4. The van der Waals surface area contributed by atoms with Gasteiger partial charge in [-0.2, -0.15) is 18.4 Å². The lowest BCUT2D eigenvalue weighted by atomic mass is 9.98. The van der Waals surface area contributed by atoms with Gasteiger partial charge in [0.2, 0.25) is 0 Å². The molecule has 2 nitrogen and oxygen atoms in total. The van der Waals surface area contributed by atoms with E-state index in [9.17, 15) is 18.4 Å². The second-order valence-electron chi connectivity index (χ2n) is 4.51. The van der Waals surface area contributed by atoms with Crippen molar-refractivity contribution in [1.29, 1.82) is 5.26 Å². The van der Waals surface area contributed by atoms with Gasteiger partial charge in [-0.3, -0.25) is 0 Å². The second kappa shape index (κ2) is 7.84. The van der Waals surface area contributed by atoms with E-state index >= 15 is 0 Å². The van der Waals surface area contributed by atoms with Gasteiger partial charge in [-0.1, -0.05) is 41.9 Å². The van der Waals surface area contributed by atoms with Crippen LogP contribution in [0.5, 0.6) is 0 Å². The Kier molecular flexibility index (Phi) is 6.05. The lowest BCUT2D eigenvalue weighted by Gasteiger charge is -2.15. The molecule has 124 valence electrons. The standard InChI is InChI=1S/C16H8Cl2F3NOS/c17-11-7-5-10(6-8-11)13(9-22)15(23-24-18)12-3-1-2-4-14(12)16(19,20)21/h1-8H. The summed E-state index contributed by atoms with van der Waals surface area (Å²) in [5.41, 5.74) is -0.923. The van der Waals surface area contributed by atoms with Gasteiger partial charge in [-0.25, -0.2) is 0 Å². The van der Waals surface area contributed by atoms with Crippen LogP contribution >= 0.6 is 33.5 Å². The first-order valence-electron chi connectivity index (χ1n) is 6.40. The number of benzene rings is 2. The Morgan fingerprint density at radius 3 is 2.25 bits per heavy atom. The molecule has 0 N–H and O–H groups in total. The first-order valence-corrected chi connectivity index (χ1v) is 8.35. The van der Waals surface area contributed by atoms with Gasteiger partial charge in [0.1, 0.15) is 11.6 Å². The maximum atomic E-state index is 13.3. The molecule has 8 heteroatoms. The number of nitrogens with zero attached hydrogens (tertiary/aromatic N) is 1. The molecule has 0 bridgehead atoms. The first kappa shape index (κ1) is 18.5. The molecule has 0 saturated carbocycles. The third kappa shape index (κ3) is 4.18. The van der Waals surface area contributed by atoms with Crippen LogP contribution in [0.15, 0.2) is 48.5 Å². The molecule has 2 aromatic rings. The molecule has 24 heavy (non-hydrogen) atoms. The average Bonchev–Trinajstić information content (AvgIpc) is 2.55. The average molecular weight is 390 g/mol. The monoisotopic (exact) mass is 389 g/mol. The molecule has 0 heterocycles. The zero-order valence-corrected chi connectivity index (χ0v) is 14.1. The fourth-order valence-electron chi connectivity index (χ4n) is 2.04. The van der Waals surface area contributed by atoms with Crippen molar-refractivity contribution < 1.29 is 17.4 Å². The van der Waals surface area contributed by atoms with Crippen LogP contribution in [0.3, 0.4) is 0 Å². The zero-order valence-electron chi connectivity index (χ0n) is 11.8. The number of rotatable bonds is 4. The molecule has 0 unspecified atom stereocenters. The number of hydrogen-bond donors (Lipinski definition) is 0. The minimum Gasteiger partial charge on any atom is -0.407 e. The van der Waals surface area contributed by atoms with E-state index in [2.05, 4.69) is 0 Å². The number of hydrogen-bond acceptors (Lipinski definition) is 3. The topological polar surface area (TPSA) is 33.0 Å². The summed E-state index contributed by atoms with van der Waals surface area (Å²) >= 11 is 6.13. The summed E-state index contributed by atoms with van der Waals surface area (Å²) in [6.07, 6.45) is -4.61. The highest BCUT2D eigenvalue weighted by molar-refractivity contribution is 8.17. The minimum absolute atomic E-state index is 0.0866. The maximum absolute atomic E-state index is 13.3. The van der Waals surface area contributed by atoms with Crippen molar-refractivity contribution in [2.24, 2.45) is 0 Å². The van der Waals surface area contributed by atoms with Crippen LogP contribution in [0.25, 0.3) is 11.3 Å². The largest absolute Gasteiger partial charge is 0.417 e. The summed E-state index contributed by atoms with van der Waals surface area (Å²) in [5, 5.41) is 9.88. The molecule has 0 amide bonds. The Bertz CT molecular complexity index is 798. The summed E-state index contributed by atoms with van der Waals surface area (Å²) in [6.45, 7) is 0. The third-order valence-electron chi connectivity index (χ3n) is 3.06. The summed E-state index contributed by atoms with van der Waals surface area (Å²) in [6, 6.07) is 12.8. The Morgan fingerprint density at radius 2 is 1.71 bits per heavy atom. The molecule has 0 atom stereocenters. The predicted octanol–water partition coefficient (Wildman–Crippen LogP) is 6.57. The van der Waals surface area contributed by atoms with Crippen molar-refractivity contribution in [3.8, 4) is 6.07 Å². The Morgan fingerprint density at radius 1 is 1.08 bits per heavy atom. The number of allylic oxidation sites excluding steroid dienone is 1. The van der Waals surface area contributed by atoms with E-state index in [1.807, 2.05) is 6.07 Å². The summed E-state index contributed by atoms with van der Waals surface area (Å²) in [4.78, 5) is 0. The van der Waals surface area contributed by atoms with Gasteiger partial charge in [-0.15, -0.1) is 0 Å². The Labute approximate surface area is 150 Å². The van der Waals surface area contributed by atoms with E-state index in [0.29, 0.717) is 21.8 Å². The third-order valence-corrected chi connectivity index (χ3v) is 3.73. The molecule has 0 saturated heterocycles. The Hall–Kier alpha value is -1.81. The van der Waals surface area contributed by atoms with E-state index in [1.165, 1.54) is 42.5 Å². The van der Waals surface area contributed by atoms with Gasteiger partial charge < -0.3 is 4.18 Å². The van der Waals surface area contributed by atoms with Gasteiger partial charge in [0.25, 0.3) is 0 Å². The maximum Gasteiger partial charge on any atom is 0.417 e. The summed E-state index contributed by atoms with van der Waals surface area (Å²) < 4.78 is 44.9. The molecule has 0 aliphatic carbocycles. The fourth-order valence-corrected chi connectivity index (χ4v) is 2.60. The van der Waals surface area contributed by atoms with Gasteiger partial charge >= 0.3 is 6.18 Å². The van der Waals surface area contributed by atoms with Crippen LogP contribution in [0.2, 0.25) is 5.02 Å². The highest BCUT2D eigenvalue weighted by atomic mass is 35.7. The van der Waals surface area contributed by atoms with E-state index in [4.69, 9.17) is 26.5 Å². The van der Waals surface area contributed by atoms with Crippen LogP contribution in [0.1, 0.15) is 16.7 Å². The van der Waals surface area contributed by atoms with Crippen molar-refractivity contribution in [2.75, 3.05) is 0 Å². The SMILES string of the molecule is N#CC(=C(OSCl)c1ccccc1C(F)(F)F)c1ccc(Cl)cc1. The van der Waals surface area contributed by atoms with Crippen molar-refractivity contribution >= 4 is 44.9 Å². The molecule has 0 radical (unpaired) electrons. The van der Waals surface area contributed by atoms with E-state index in [0.717, 1.165) is 6.07 Å². The van der Waals surface area contributed by atoms with Crippen molar-refractivity contribution in [2.45, 2.75) is 6.18 Å². The van der Waals surface area contributed by atoms with Gasteiger partial charge in [0.15, 0.2) is 17.0 Å². The summed E-state index contributed by atoms with van der Waals surface area (Å²) in [5.74, 6) is -0.271. The number of alkyl halides is 3. The summed E-state index contributed by atoms with van der Waals surface area (Å²) in [7, 11) is 5.48. The van der Waals surface area contributed by atoms with Crippen LogP contribution in [0.4, 0.5) is 13.2 Å². The molecule has 0 spiro atoms. The molecule has 2 rings (SSSR count). The highest BCUT2D eigenvalue weighted by Gasteiger charge is 2.35. The van der Waals surface area contributed by atoms with Crippen LogP contribution < -0.4 is 0 Å². The fraction of sp³-hybridized carbons (Fsp3) is 0.0625. The molecule has 0 aromatic heterocycles. The lowest BCUT2D eigenvalue weighted by Crippen LogP contribution is -2.09. The van der Waals surface area contributed by atoms with Gasteiger partial charge in [0, 0.05) is 21.3 Å².